The standard InChI is InChI=1S/C12H14O4/c1-2-16-12(15)9-6-8(9)7-3-4-10(13)11(14)5-7/h3-5,8-9,13-14H,2,6H2,1H3/t8-,9-/m1/s1. The molecule has 0 radical (unpaired) electrons. The molecule has 1 aromatic carbocycles. The van der Waals surface area contributed by atoms with Crippen molar-refractivity contribution in [1.82, 2.24) is 0 Å². The summed E-state index contributed by atoms with van der Waals surface area (Å²) in [6, 6.07) is 4.66. The summed E-state index contributed by atoms with van der Waals surface area (Å²) < 4.78 is 4.92. The number of aromatic hydroxyl groups is 2. The van der Waals surface area contributed by atoms with Crippen molar-refractivity contribution in [3.8, 4) is 11.5 Å². The van der Waals surface area contributed by atoms with Crippen LogP contribution in [0.25, 0.3) is 0 Å². The van der Waals surface area contributed by atoms with Gasteiger partial charge in [-0.1, -0.05) is 6.07 Å². The van der Waals surface area contributed by atoms with Crippen LogP contribution in [-0.2, 0) is 9.53 Å². The largest absolute Gasteiger partial charge is 0.504 e. The minimum absolute atomic E-state index is 0.0936. The molecule has 0 saturated heterocycles. The van der Waals surface area contributed by atoms with E-state index in [4.69, 9.17) is 9.84 Å². The van der Waals surface area contributed by atoms with Crippen LogP contribution in [0.3, 0.4) is 0 Å². The number of rotatable bonds is 3. The van der Waals surface area contributed by atoms with Gasteiger partial charge in [0.1, 0.15) is 0 Å². The first-order chi connectivity index (χ1) is 7.63. The number of carbonyl (C=O) groups is 1. The fraction of sp³-hybridized carbons (Fsp3) is 0.417. The molecule has 16 heavy (non-hydrogen) atoms. The van der Waals surface area contributed by atoms with Gasteiger partial charge in [-0.2, -0.15) is 0 Å². The summed E-state index contributed by atoms with van der Waals surface area (Å²) in [4.78, 5) is 11.4. The molecule has 0 aromatic heterocycles. The van der Waals surface area contributed by atoms with Crippen molar-refractivity contribution in [3.05, 3.63) is 23.8 Å². The average Bonchev–Trinajstić information content (AvgIpc) is 3.02. The number of hydrogen-bond donors (Lipinski definition) is 2. The van der Waals surface area contributed by atoms with Crippen LogP contribution in [0, 0.1) is 5.92 Å². The Balaban J connectivity index is 2.06. The number of phenols is 2. The fourth-order valence-corrected chi connectivity index (χ4v) is 1.84. The van der Waals surface area contributed by atoms with Gasteiger partial charge in [-0.25, -0.2) is 0 Å². The highest BCUT2D eigenvalue weighted by Gasteiger charge is 2.45. The molecule has 1 saturated carbocycles. The molecule has 1 aliphatic rings. The Morgan fingerprint density at radius 3 is 2.81 bits per heavy atom. The predicted octanol–water partition coefficient (Wildman–Crippen LogP) is 1.76. The van der Waals surface area contributed by atoms with Crippen LogP contribution in [0.5, 0.6) is 11.5 Å². The second-order valence-electron chi connectivity index (χ2n) is 3.95. The molecule has 0 bridgehead atoms. The topological polar surface area (TPSA) is 66.8 Å². The van der Waals surface area contributed by atoms with E-state index in [1.807, 2.05) is 0 Å². The third-order valence-electron chi connectivity index (χ3n) is 2.81. The average molecular weight is 222 g/mol. The number of benzene rings is 1. The molecule has 0 spiro atoms. The molecular weight excluding hydrogens is 208 g/mol. The molecule has 4 heteroatoms. The van der Waals surface area contributed by atoms with Crippen molar-refractivity contribution < 1.29 is 19.7 Å². The van der Waals surface area contributed by atoms with Gasteiger partial charge in [-0.15, -0.1) is 0 Å². The summed E-state index contributed by atoms with van der Waals surface area (Å²) in [5.41, 5.74) is 0.869. The van der Waals surface area contributed by atoms with E-state index in [0.29, 0.717) is 6.61 Å². The van der Waals surface area contributed by atoms with Crippen molar-refractivity contribution in [1.29, 1.82) is 0 Å². The van der Waals surface area contributed by atoms with Gasteiger partial charge < -0.3 is 14.9 Å². The maximum Gasteiger partial charge on any atom is 0.309 e. The molecule has 1 aromatic rings. The molecule has 0 amide bonds. The first-order valence-corrected chi connectivity index (χ1v) is 5.32. The zero-order chi connectivity index (χ0) is 11.7. The zero-order valence-corrected chi connectivity index (χ0v) is 9.01. The number of phenolic OH excluding ortho intramolecular Hbond substituents is 2. The lowest BCUT2D eigenvalue weighted by molar-refractivity contribution is -0.144. The molecule has 4 nitrogen and oxygen atoms in total. The third-order valence-corrected chi connectivity index (χ3v) is 2.81. The first kappa shape index (κ1) is 10.8. The number of carbonyl (C=O) groups excluding carboxylic acids is 1. The Bertz CT molecular complexity index is 413. The lowest BCUT2D eigenvalue weighted by atomic mass is 10.1. The number of ether oxygens (including phenoxy) is 1. The minimum atomic E-state index is -0.180. The summed E-state index contributed by atoms with van der Waals surface area (Å²) >= 11 is 0. The second kappa shape index (κ2) is 4.04. The van der Waals surface area contributed by atoms with Crippen LogP contribution in [-0.4, -0.2) is 22.8 Å². The normalized spacial score (nSPS) is 22.8. The Labute approximate surface area is 93.5 Å². The molecule has 0 aliphatic heterocycles. The van der Waals surface area contributed by atoms with E-state index in [1.165, 1.54) is 12.1 Å². The first-order valence-electron chi connectivity index (χ1n) is 5.32. The molecule has 0 unspecified atom stereocenters. The van der Waals surface area contributed by atoms with Crippen LogP contribution in [0.2, 0.25) is 0 Å². The Morgan fingerprint density at radius 1 is 1.44 bits per heavy atom. The van der Waals surface area contributed by atoms with Gasteiger partial charge in [-0.3, -0.25) is 4.79 Å². The highest BCUT2D eigenvalue weighted by molar-refractivity contribution is 5.77. The molecule has 2 rings (SSSR count). The molecule has 0 heterocycles. The van der Waals surface area contributed by atoms with E-state index < -0.39 is 0 Å². The molecule has 1 fully saturated rings. The predicted molar refractivity (Wildman–Crippen MR) is 57.3 cm³/mol. The lowest BCUT2D eigenvalue weighted by Gasteiger charge is -2.03. The van der Waals surface area contributed by atoms with Gasteiger partial charge in [-0.05, 0) is 37.0 Å². The highest BCUT2D eigenvalue weighted by atomic mass is 16.5. The second-order valence-corrected chi connectivity index (χ2v) is 3.95. The fourth-order valence-electron chi connectivity index (χ4n) is 1.84. The summed E-state index contributed by atoms with van der Waals surface area (Å²) in [6.45, 7) is 2.17. The minimum Gasteiger partial charge on any atom is -0.504 e. The highest BCUT2D eigenvalue weighted by Crippen LogP contribution is 2.49. The summed E-state index contributed by atoms with van der Waals surface area (Å²) in [6.07, 6.45) is 0.753. The van der Waals surface area contributed by atoms with E-state index in [-0.39, 0.29) is 29.3 Å². The van der Waals surface area contributed by atoms with Crippen molar-refractivity contribution in [2.45, 2.75) is 19.3 Å². The third kappa shape index (κ3) is 1.96. The van der Waals surface area contributed by atoms with E-state index >= 15 is 0 Å². The lowest BCUT2D eigenvalue weighted by Crippen LogP contribution is -2.07. The maximum absolute atomic E-state index is 11.4. The van der Waals surface area contributed by atoms with Gasteiger partial charge in [0.25, 0.3) is 0 Å². The van der Waals surface area contributed by atoms with E-state index in [2.05, 4.69) is 0 Å². The molecule has 86 valence electrons. The number of hydrogen-bond acceptors (Lipinski definition) is 4. The van der Waals surface area contributed by atoms with Gasteiger partial charge in [0.2, 0.25) is 0 Å². The Hall–Kier alpha value is -1.71. The van der Waals surface area contributed by atoms with Gasteiger partial charge in [0.15, 0.2) is 11.5 Å². The van der Waals surface area contributed by atoms with Crippen molar-refractivity contribution in [3.63, 3.8) is 0 Å². The molecular formula is C12H14O4. The maximum atomic E-state index is 11.4. The smallest absolute Gasteiger partial charge is 0.309 e. The Morgan fingerprint density at radius 2 is 2.19 bits per heavy atom. The van der Waals surface area contributed by atoms with Crippen molar-refractivity contribution >= 4 is 5.97 Å². The van der Waals surface area contributed by atoms with Crippen molar-refractivity contribution in [2.24, 2.45) is 5.92 Å². The number of esters is 1. The Kier molecular flexibility index (Phi) is 2.73. The van der Waals surface area contributed by atoms with Crippen LogP contribution in [0.15, 0.2) is 18.2 Å². The molecule has 2 atom stereocenters. The monoisotopic (exact) mass is 222 g/mol. The van der Waals surface area contributed by atoms with Crippen LogP contribution in [0.1, 0.15) is 24.8 Å². The van der Waals surface area contributed by atoms with Crippen LogP contribution < -0.4 is 0 Å². The molecule has 2 N–H and O–H groups in total. The SMILES string of the molecule is CCOC(=O)[C@@H]1C[C@@H]1c1ccc(O)c(O)c1. The quantitative estimate of drug-likeness (QED) is 0.604. The van der Waals surface area contributed by atoms with Gasteiger partial charge >= 0.3 is 5.97 Å². The van der Waals surface area contributed by atoms with Crippen molar-refractivity contribution in [2.75, 3.05) is 6.61 Å². The van der Waals surface area contributed by atoms with Crippen LogP contribution in [0.4, 0.5) is 0 Å². The van der Waals surface area contributed by atoms with Crippen LogP contribution >= 0.6 is 0 Å². The summed E-state index contributed by atoms with van der Waals surface area (Å²) in [7, 11) is 0. The molecule has 1 aliphatic carbocycles. The zero-order valence-electron chi connectivity index (χ0n) is 9.01. The van der Waals surface area contributed by atoms with E-state index in [1.54, 1.807) is 13.0 Å². The summed E-state index contributed by atoms with van der Waals surface area (Å²) in [5, 5.41) is 18.5. The van der Waals surface area contributed by atoms with E-state index in [9.17, 15) is 9.90 Å². The summed E-state index contributed by atoms with van der Waals surface area (Å²) in [5.74, 6) is -0.446. The van der Waals surface area contributed by atoms with E-state index in [0.717, 1.165) is 12.0 Å². The van der Waals surface area contributed by atoms with Gasteiger partial charge in [0, 0.05) is 0 Å². The van der Waals surface area contributed by atoms with Gasteiger partial charge in [0.05, 0.1) is 12.5 Å².